The van der Waals surface area contributed by atoms with Gasteiger partial charge in [-0.1, -0.05) is 45.2 Å². The molecule has 1 fully saturated rings. The summed E-state index contributed by atoms with van der Waals surface area (Å²) in [6, 6.07) is 9.24. The molecule has 0 bridgehead atoms. The number of ether oxygens (including phenoxy) is 1. The predicted molar refractivity (Wildman–Crippen MR) is 80.5 cm³/mol. The molecule has 1 aliphatic carbocycles. The van der Waals surface area contributed by atoms with E-state index in [4.69, 9.17) is 4.74 Å². The van der Waals surface area contributed by atoms with Gasteiger partial charge in [-0.3, -0.25) is 0 Å². The third-order valence-electron chi connectivity index (χ3n) is 3.71. The molecule has 106 valence electrons. The van der Waals surface area contributed by atoms with Gasteiger partial charge in [0.15, 0.2) is 0 Å². The maximum Gasteiger partial charge on any atom is 0.119 e. The summed E-state index contributed by atoms with van der Waals surface area (Å²) in [4.78, 5) is 0. The van der Waals surface area contributed by atoms with Crippen LogP contribution in [0.3, 0.4) is 0 Å². The van der Waals surface area contributed by atoms with Gasteiger partial charge in [0.1, 0.15) is 5.75 Å². The van der Waals surface area contributed by atoms with Crippen LogP contribution in [0, 0.1) is 5.92 Å². The van der Waals surface area contributed by atoms with Crippen LogP contribution in [0.1, 0.15) is 51.5 Å². The van der Waals surface area contributed by atoms with E-state index in [1.54, 1.807) is 0 Å². The molecular formula is C17H27NO. The van der Waals surface area contributed by atoms with E-state index in [1.807, 2.05) is 0 Å². The van der Waals surface area contributed by atoms with Gasteiger partial charge in [0, 0.05) is 12.6 Å². The predicted octanol–water partition coefficient (Wildman–Crippen LogP) is 4.14. The second-order valence-corrected chi connectivity index (χ2v) is 6.06. The Bertz CT molecular complexity index is 352. The van der Waals surface area contributed by atoms with Gasteiger partial charge in [-0.2, -0.15) is 0 Å². The van der Waals surface area contributed by atoms with Crippen LogP contribution < -0.4 is 10.1 Å². The molecule has 1 aromatic carbocycles. The van der Waals surface area contributed by atoms with Crippen molar-refractivity contribution in [3.63, 3.8) is 0 Å². The van der Waals surface area contributed by atoms with Crippen molar-refractivity contribution in [1.82, 2.24) is 5.32 Å². The van der Waals surface area contributed by atoms with Crippen LogP contribution in [0.4, 0.5) is 0 Å². The monoisotopic (exact) mass is 261 g/mol. The second kappa shape index (κ2) is 7.54. The van der Waals surface area contributed by atoms with Crippen molar-refractivity contribution in [3.8, 4) is 5.75 Å². The van der Waals surface area contributed by atoms with E-state index in [0.29, 0.717) is 5.92 Å². The number of nitrogens with one attached hydrogen (secondary N) is 1. The summed E-state index contributed by atoms with van der Waals surface area (Å²) in [6.07, 6.45) is 6.88. The van der Waals surface area contributed by atoms with Gasteiger partial charge in [-0.15, -0.1) is 0 Å². The van der Waals surface area contributed by atoms with E-state index in [1.165, 1.54) is 37.7 Å². The highest BCUT2D eigenvalue weighted by Gasteiger charge is 2.12. The molecule has 19 heavy (non-hydrogen) atoms. The van der Waals surface area contributed by atoms with E-state index in [9.17, 15) is 0 Å². The highest BCUT2D eigenvalue weighted by molar-refractivity contribution is 5.27. The van der Waals surface area contributed by atoms with Crippen LogP contribution in [0.25, 0.3) is 0 Å². The van der Waals surface area contributed by atoms with Crippen molar-refractivity contribution in [2.45, 2.75) is 58.5 Å². The Balaban J connectivity index is 1.74. The van der Waals surface area contributed by atoms with E-state index >= 15 is 0 Å². The highest BCUT2D eigenvalue weighted by Crippen LogP contribution is 2.18. The summed E-state index contributed by atoms with van der Waals surface area (Å²) >= 11 is 0. The fourth-order valence-electron chi connectivity index (χ4n) is 2.54. The van der Waals surface area contributed by atoms with Gasteiger partial charge in [-0.05, 0) is 36.5 Å². The molecule has 0 amide bonds. The smallest absolute Gasteiger partial charge is 0.119 e. The molecule has 2 nitrogen and oxygen atoms in total. The van der Waals surface area contributed by atoms with E-state index in [-0.39, 0.29) is 0 Å². The lowest BCUT2D eigenvalue weighted by Crippen LogP contribution is -2.30. The Labute approximate surface area is 117 Å². The fraction of sp³-hybridized carbons (Fsp3) is 0.647. The van der Waals surface area contributed by atoms with Gasteiger partial charge in [0.2, 0.25) is 0 Å². The fourth-order valence-corrected chi connectivity index (χ4v) is 2.54. The molecule has 1 saturated carbocycles. The highest BCUT2D eigenvalue weighted by atomic mass is 16.5. The summed E-state index contributed by atoms with van der Waals surface area (Å²) < 4.78 is 5.70. The molecule has 0 unspecified atom stereocenters. The summed E-state index contributed by atoms with van der Waals surface area (Å²) in [5.41, 5.74) is 1.35. The van der Waals surface area contributed by atoms with E-state index in [2.05, 4.69) is 43.4 Å². The molecule has 0 aliphatic heterocycles. The van der Waals surface area contributed by atoms with Crippen molar-refractivity contribution < 1.29 is 4.74 Å². The van der Waals surface area contributed by atoms with Gasteiger partial charge in [0.05, 0.1) is 6.61 Å². The summed E-state index contributed by atoms with van der Waals surface area (Å²) in [7, 11) is 0. The first kappa shape index (κ1) is 14.4. The molecule has 0 aromatic heterocycles. The minimum atomic E-state index is 0.577. The van der Waals surface area contributed by atoms with Crippen molar-refractivity contribution in [2.24, 2.45) is 5.92 Å². The number of benzene rings is 1. The van der Waals surface area contributed by atoms with Crippen LogP contribution in [-0.2, 0) is 6.54 Å². The lowest BCUT2D eigenvalue weighted by atomic mass is 9.95. The van der Waals surface area contributed by atoms with Crippen LogP contribution in [0.2, 0.25) is 0 Å². The zero-order chi connectivity index (χ0) is 13.5. The minimum absolute atomic E-state index is 0.577. The molecule has 0 atom stereocenters. The standard InChI is InChI=1S/C17H27NO/c1-14(2)13-19-17-10-8-15(9-11-17)12-18-16-6-4-3-5-7-16/h8-11,14,16,18H,3-7,12-13H2,1-2H3. The van der Waals surface area contributed by atoms with Gasteiger partial charge < -0.3 is 10.1 Å². The maximum absolute atomic E-state index is 5.70. The molecule has 1 N–H and O–H groups in total. The van der Waals surface area contributed by atoms with E-state index in [0.717, 1.165) is 24.9 Å². The van der Waals surface area contributed by atoms with Crippen LogP contribution in [0.15, 0.2) is 24.3 Å². The summed E-state index contributed by atoms with van der Waals surface area (Å²) in [6.45, 7) is 6.11. The Kier molecular flexibility index (Phi) is 5.71. The zero-order valence-corrected chi connectivity index (χ0v) is 12.3. The Morgan fingerprint density at radius 2 is 1.79 bits per heavy atom. The molecule has 0 radical (unpaired) electrons. The first-order valence-corrected chi connectivity index (χ1v) is 7.69. The van der Waals surface area contributed by atoms with Gasteiger partial charge in [0.25, 0.3) is 0 Å². The molecule has 1 aliphatic rings. The Morgan fingerprint density at radius 1 is 1.11 bits per heavy atom. The van der Waals surface area contributed by atoms with Crippen molar-refractivity contribution in [2.75, 3.05) is 6.61 Å². The largest absolute Gasteiger partial charge is 0.493 e. The minimum Gasteiger partial charge on any atom is -0.493 e. The van der Waals surface area contributed by atoms with Crippen molar-refractivity contribution >= 4 is 0 Å². The Morgan fingerprint density at radius 3 is 2.42 bits per heavy atom. The molecule has 0 heterocycles. The van der Waals surface area contributed by atoms with Crippen LogP contribution >= 0.6 is 0 Å². The lowest BCUT2D eigenvalue weighted by molar-refractivity contribution is 0.271. The topological polar surface area (TPSA) is 21.3 Å². The average molecular weight is 261 g/mol. The van der Waals surface area contributed by atoms with Crippen molar-refractivity contribution in [3.05, 3.63) is 29.8 Å². The number of rotatable bonds is 6. The second-order valence-electron chi connectivity index (χ2n) is 6.06. The average Bonchev–Trinajstić information content (AvgIpc) is 2.45. The van der Waals surface area contributed by atoms with Gasteiger partial charge >= 0.3 is 0 Å². The van der Waals surface area contributed by atoms with E-state index < -0.39 is 0 Å². The third-order valence-corrected chi connectivity index (χ3v) is 3.71. The normalized spacial score (nSPS) is 16.8. The van der Waals surface area contributed by atoms with Crippen LogP contribution in [-0.4, -0.2) is 12.6 Å². The Hall–Kier alpha value is -1.02. The first-order chi connectivity index (χ1) is 9.24. The molecule has 1 aromatic rings. The van der Waals surface area contributed by atoms with Crippen LogP contribution in [0.5, 0.6) is 5.75 Å². The molecule has 2 rings (SSSR count). The SMILES string of the molecule is CC(C)COc1ccc(CNC2CCCCC2)cc1. The third kappa shape index (κ3) is 5.23. The molecule has 0 saturated heterocycles. The van der Waals surface area contributed by atoms with Gasteiger partial charge in [-0.25, -0.2) is 0 Å². The lowest BCUT2D eigenvalue weighted by Gasteiger charge is -2.22. The number of hydrogen-bond donors (Lipinski definition) is 1. The summed E-state index contributed by atoms with van der Waals surface area (Å²) in [5, 5.41) is 3.67. The number of hydrogen-bond acceptors (Lipinski definition) is 2. The molecule has 2 heteroatoms. The van der Waals surface area contributed by atoms with Crippen molar-refractivity contribution in [1.29, 1.82) is 0 Å². The summed E-state index contributed by atoms with van der Waals surface area (Å²) in [5.74, 6) is 1.56. The molecule has 0 spiro atoms. The maximum atomic E-state index is 5.70. The molecular weight excluding hydrogens is 234 g/mol. The first-order valence-electron chi connectivity index (χ1n) is 7.69. The quantitative estimate of drug-likeness (QED) is 0.831. The zero-order valence-electron chi connectivity index (χ0n) is 12.3.